The maximum Gasteiger partial charge on any atom is 0.0950 e. The van der Waals surface area contributed by atoms with Gasteiger partial charge in [-0.05, 0) is 13.0 Å². The number of imidazole rings is 1. The van der Waals surface area contributed by atoms with Crippen LogP contribution in [0.25, 0.3) is 0 Å². The Balaban J connectivity index is 1.77. The molecule has 0 amide bonds. The molecule has 1 N–H and O–H groups in total. The molecule has 0 unspecified atom stereocenters. The summed E-state index contributed by atoms with van der Waals surface area (Å²) in [5.74, 6) is 0. The molecule has 2 aromatic heterocycles. The van der Waals surface area contributed by atoms with E-state index in [4.69, 9.17) is 0 Å². The molecule has 4 nitrogen and oxygen atoms in total. The third-order valence-corrected chi connectivity index (χ3v) is 3.33. The average Bonchev–Trinajstić information content (AvgIpc) is 2.98. The van der Waals surface area contributed by atoms with E-state index in [0.717, 1.165) is 38.2 Å². The van der Waals surface area contributed by atoms with Gasteiger partial charge in [0.05, 0.1) is 17.0 Å². The third-order valence-electron chi connectivity index (χ3n) is 2.49. The Morgan fingerprint density at radius 2 is 2.35 bits per heavy atom. The smallest absolute Gasteiger partial charge is 0.0950 e. The number of nitrogens with zero attached hydrogens (tertiary/aromatic N) is 3. The molecular weight excluding hydrogens is 232 g/mol. The Labute approximate surface area is 106 Å². The predicted octanol–water partition coefficient (Wildman–Crippen LogP) is 2.08. The zero-order valence-electron chi connectivity index (χ0n) is 10.1. The minimum atomic E-state index is 0.859. The van der Waals surface area contributed by atoms with Crippen LogP contribution in [0.3, 0.4) is 0 Å². The fourth-order valence-electron chi connectivity index (χ4n) is 1.61. The molecule has 5 heteroatoms. The van der Waals surface area contributed by atoms with Crippen LogP contribution >= 0.6 is 11.3 Å². The van der Waals surface area contributed by atoms with Gasteiger partial charge < -0.3 is 9.88 Å². The van der Waals surface area contributed by atoms with Crippen molar-refractivity contribution in [3.05, 3.63) is 34.8 Å². The van der Waals surface area contributed by atoms with Gasteiger partial charge in [0.15, 0.2) is 0 Å². The first-order valence-electron chi connectivity index (χ1n) is 5.98. The predicted molar refractivity (Wildman–Crippen MR) is 70.0 cm³/mol. The maximum absolute atomic E-state index is 4.37. The van der Waals surface area contributed by atoms with E-state index in [1.807, 2.05) is 17.9 Å². The van der Waals surface area contributed by atoms with Crippen LogP contribution in [0.1, 0.15) is 24.0 Å². The van der Waals surface area contributed by atoms with E-state index in [1.165, 1.54) is 5.01 Å². The number of nitrogens with one attached hydrogen (secondary N) is 1. The van der Waals surface area contributed by atoms with Crippen molar-refractivity contribution in [1.29, 1.82) is 0 Å². The zero-order valence-corrected chi connectivity index (χ0v) is 10.9. The highest BCUT2D eigenvalue weighted by molar-refractivity contribution is 7.09. The second kappa shape index (κ2) is 6.51. The van der Waals surface area contributed by atoms with Gasteiger partial charge in [-0.1, -0.05) is 6.92 Å². The van der Waals surface area contributed by atoms with Gasteiger partial charge in [0.1, 0.15) is 0 Å². The Morgan fingerprint density at radius 1 is 1.41 bits per heavy atom. The van der Waals surface area contributed by atoms with Crippen LogP contribution < -0.4 is 5.32 Å². The molecule has 0 saturated carbocycles. The summed E-state index contributed by atoms with van der Waals surface area (Å²) < 4.78 is 2.13. The summed E-state index contributed by atoms with van der Waals surface area (Å²) in [7, 11) is 0. The average molecular weight is 250 g/mol. The van der Waals surface area contributed by atoms with Crippen molar-refractivity contribution < 1.29 is 0 Å². The quantitative estimate of drug-likeness (QED) is 0.765. The summed E-state index contributed by atoms with van der Waals surface area (Å²) in [5, 5.41) is 6.55. The molecule has 17 heavy (non-hydrogen) atoms. The molecule has 0 spiro atoms. The molecule has 0 saturated heterocycles. The van der Waals surface area contributed by atoms with E-state index in [9.17, 15) is 0 Å². The van der Waals surface area contributed by atoms with Crippen LogP contribution in [-0.2, 0) is 19.5 Å². The van der Waals surface area contributed by atoms with Crippen LogP contribution in [-0.4, -0.2) is 21.1 Å². The van der Waals surface area contributed by atoms with E-state index in [0.29, 0.717) is 0 Å². The molecule has 0 aliphatic heterocycles. The van der Waals surface area contributed by atoms with Gasteiger partial charge in [0.25, 0.3) is 0 Å². The molecule has 0 aliphatic rings. The van der Waals surface area contributed by atoms with Crippen molar-refractivity contribution in [2.24, 2.45) is 0 Å². The number of thiazole rings is 1. The minimum Gasteiger partial charge on any atom is -0.337 e. The van der Waals surface area contributed by atoms with Crippen LogP contribution in [0, 0.1) is 0 Å². The molecule has 0 aliphatic carbocycles. The van der Waals surface area contributed by atoms with Crippen LogP contribution in [0.15, 0.2) is 24.1 Å². The molecule has 0 aromatic carbocycles. The topological polar surface area (TPSA) is 42.7 Å². The third kappa shape index (κ3) is 3.94. The van der Waals surface area contributed by atoms with E-state index in [1.54, 1.807) is 11.3 Å². The molecule has 92 valence electrons. The second-order valence-electron chi connectivity index (χ2n) is 3.96. The van der Waals surface area contributed by atoms with Gasteiger partial charge in [0.2, 0.25) is 0 Å². The standard InChI is InChI=1S/C12H18N4S/c1-2-4-13-8-11-9-16(10-15-11)6-3-12-14-5-7-17-12/h5,7,9-10,13H,2-4,6,8H2,1H3. The van der Waals surface area contributed by atoms with Gasteiger partial charge >= 0.3 is 0 Å². The lowest BCUT2D eigenvalue weighted by Gasteiger charge is -1.99. The fraction of sp³-hybridized carbons (Fsp3) is 0.500. The van der Waals surface area contributed by atoms with Gasteiger partial charge in [-0.2, -0.15) is 0 Å². The number of rotatable bonds is 7. The number of aromatic nitrogens is 3. The lowest BCUT2D eigenvalue weighted by molar-refractivity contribution is 0.662. The molecule has 2 rings (SSSR count). The first-order chi connectivity index (χ1) is 8.38. The molecule has 0 bridgehead atoms. The fourth-order valence-corrected chi connectivity index (χ4v) is 2.22. The highest BCUT2D eigenvalue weighted by Crippen LogP contribution is 2.06. The van der Waals surface area contributed by atoms with E-state index in [2.05, 4.69) is 33.0 Å². The van der Waals surface area contributed by atoms with Crippen molar-refractivity contribution in [1.82, 2.24) is 19.9 Å². The Morgan fingerprint density at radius 3 is 3.12 bits per heavy atom. The molecule has 0 radical (unpaired) electrons. The summed E-state index contributed by atoms with van der Waals surface area (Å²) in [6, 6.07) is 0. The van der Waals surface area contributed by atoms with Crippen LogP contribution in [0.4, 0.5) is 0 Å². The summed E-state index contributed by atoms with van der Waals surface area (Å²) in [6.45, 7) is 5.03. The van der Waals surface area contributed by atoms with Crippen LogP contribution in [0.5, 0.6) is 0 Å². The molecule has 2 heterocycles. The number of hydrogen-bond donors (Lipinski definition) is 1. The van der Waals surface area contributed by atoms with Gasteiger partial charge in [0, 0.05) is 37.3 Å². The van der Waals surface area contributed by atoms with E-state index >= 15 is 0 Å². The summed E-state index contributed by atoms with van der Waals surface area (Å²) in [6.07, 6.45) is 8.00. The summed E-state index contributed by atoms with van der Waals surface area (Å²) in [4.78, 5) is 8.64. The Bertz CT molecular complexity index is 421. The molecule has 0 atom stereocenters. The monoisotopic (exact) mass is 250 g/mol. The van der Waals surface area contributed by atoms with Gasteiger partial charge in [-0.15, -0.1) is 11.3 Å². The van der Waals surface area contributed by atoms with Crippen molar-refractivity contribution >= 4 is 11.3 Å². The van der Waals surface area contributed by atoms with Crippen molar-refractivity contribution in [3.63, 3.8) is 0 Å². The van der Waals surface area contributed by atoms with Crippen LogP contribution in [0.2, 0.25) is 0 Å². The minimum absolute atomic E-state index is 0.859. The molecule has 0 fully saturated rings. The normalized spacial score (nSPS) is 10.9. The van der Waals surface area contributed by atoms with Gasteiger partial charge in [-0.25, -0.2) is 9.97 Å². The highest BCUT2D eigenvalue weighted by atomic mass is 32.1. The first kappa shape index (κ1) is 12.3. The van der Waals surface area contributed by atoms with Crippen molar-refractivity contribution in [2.45, 2.75) is 32.9 Å². The van der Waals surface area contributed by atoms with Gasteiger partial charge in [-0.3, -0.25) is 0 Å². The largest absolute Gasteiger partial charge is 0.337 e. The summed E-state index contributed by atoms with van der Waals surface area (Å²) in [5.41, 5.74) is 1.11. The first-order valence-corrected chi connectivity index (χ1v) is 6.86. The number of aryl methyl sites for hydroxylation is 2. The number of hydrogen-bond acceptors (Lipinski definition) is 4. The lowest BCUT2D eigenvalue weighted by Crippen LogP contribution is -2.13. The zero-order chi connectivity index (χ0) is 11.9. The van der Waals surface area contributed by atoms with E-state index in [-0.39, 0.29) is 0 Å². The highest BCUT2D eigenvalue weighted by Gasteiger charge is 2.00. The van der Waals surface area contributed by atoms with E-state index < -0.39 is 0 Å². The second-order valence-corrected chi connectivity index (χ2v) is 4.93. The summed E-state index contributed by atoms with van der Waals surface area (Å²) >= 11 is 1.71. The van der Waals surface area contributed by atoms with Crippen molar-refractivity contribution in [3.8, 4) is 0 Å². The Hall–Kier alpha value is -1.20. The molecular formula is C12H18N4S. The molecule has 2 aromatic rings. The SMILES string of the molecule is CCCNCc1cn(CCc2nccs2)cn1. The van der Waals surface area contributed by atoms with Crippen molar-refractivity contribution in [2.75, 3.05) is 6.54 Å². The Kier molecular flexibility index (Phi) is 4.70. The maximum atomic E-state index is 4.37. The lowest BCUT2D eigenvalue weighted by atomic mass is 10.4.